The summed E-state index contributed by atoms with van der Waals surface area (Å²) in [6.07, 6.45) is 2.69. The highest BCUT2D eigenvalue weighted by Crippen LogP contribution is 2.58. The van der Waals surface area contributed by atoms with E-state index in [-0.39, 0.29) is 41.1 Å². The molecule has 1 atom stereocenters. The summed E-state index contributed by atoms with van der Waals surface area (Å²) in [5.41, 5.74) is 0.113. The van der Waals surface area contributed by atoms with Gasteiger partial charge in [0.15, 0.2) is 5.75 Å². The summed E-state index contributed by atoms with van der Waals surface area (Å²) in [6.45, 7) is -1.30. The van der Waals surface area contributed by atoms with Crippen molar-refractivity contribution in [2.75, 3.05) is 18.4 Å². The van der Waals surface area contributed by atoms with E-state index >= 15 is 0 Å². The maximum Gasteiger partial charge on any atom is 0.387 e. The third kappa shape index (κ3) is 3.90. The smallest absolute Gasteiger partial charge is 0.387 e. The van der Waals surface area contributed by atoms with Crippen LogP contribution in [-0.4, -0.2) is 25.6 Å². The number of carbonyl (C=O) groups is 1. The van der Waals surface area contributed by atoms with Gasteiger partial charge in [0.05, 0.1) is 5.69 Å². The Hall–Kier alpha value is -1.47. The van der Waals surface area contributed by atoms with Crippen LogP contribution in [0.15, 0.2) is 18.2 Å². The lowest BCUT2D eigenvalue weighted by atomic mass is 9.92. The summed E-state index contributed by atoms with van der Waals surface area (Å²) in [6, 6.07) is 3.18. The van der Waals surface area contributed by atoms with Gasteiger partial charge in [0.1, 0.15) is 5.82 Å². The molecule has 1 aromatic carbocycles. The van der Waals surface area contributed by atoms with Crippen molar-refractivity contribution in [3.05, 3.63) is 24.0 Å². The van der Waals surface area contributed by atoms with E-state index in [1.54, 1.807) is 0 Å². The standard InChI is InChI=1S/C15H17F3N2O2.ClH/c16-9-1-2-11(12(7-9)22-14(17)18)20-13(21)10-8-15(10)3-5-19-6-4-15;/h1-2,7,10,14,19H,3-6,8H2,(H,20,21);1H. The summed E-state index contributed by atoms with van der Waals surface area (Å²) in [5, 5.41) is 5.84. The van der Waals surface area contributed by atoms with Gasteiger partial charge in [-0.3, -0.25) is 4.79 Å². The highest BCUT2D eigenvalue weighted by atomic mass is 35.5. The summed E-state index contributed by atoms with van der Waals surface area (Å²) in [7, 11) is 0. The first-order valence-electron chi connectivity index (χ1n) is 7.26. The Labute approximate surface area is 138 Å². The van der Waals surface area contributed by atoms with Crippen LogP contribution < -0.4 is 15.4 Å². The van der Waals surface area contributed by atoms with Crippen LogP contribution in [-0.2, 0) is 4.79 Å². The lowest BCUT2D eigenvalue weighted by molar-refractivity contribution is -0.118. The average Bonchev–Trinajstić information content (AvgIpc) is 3.15. The molecule has 1 aliphatic heterocycles. The summed E-state index contributed by atoms with van der Waals surface area (Å²) in [4.78, 5) is 12.3. The maximum atomic E-state index is 13.1. The van der Waals surface area contributed by atoms with Crippen LogP contribution in [0.25, 0.3) is 0 Å². The molecule has 0 aromatic heterocycles. The molecular formula is C15H18ClF3N2O2. The third-order valence-electron chi connectivity index (χ3n) is 4.52. The van der Waals surface area contributed by atoms with Crippen molar-refractivity contribution in [2.45, 2.75) is 25.9 Å². The Morgan fingerprint density at radius 1 is 1.35 bits per heavy atom. The number of carbonyl (C=O) groups excluding carboxylic acids is 1. The molecule has 23 heavy (non-hydrogen) atoms. The molecule has 0 radical (unpaired) electrons. The van der Waals surface area contributed by atoms with Crippen LogP contribution in [0, 0.1) is 17.2 Å². The van der Waals surface area contributed by atoms with Gasteiger partial charge in [-0.2, -0.15) is 8.78 Å². The van der Waals surface area contributed by atoms with Crippen LogP contribution in [0.3, 0.4) is 0 Å². The first-order chi connectivity index (χ1) is 10.5. The fourth-order valence-corrected chi connectivity index (χ4v) is 3.21. The van der Waals surface area contributed by atoms with Gasteiger partial charge in [-0.25, -0.2) is 4.39 Å². The molecule has 1 aliphatic carbocycles. The van der Waals surface area contributed by atoms with E-state index in [1.807, 2.05) is 0 Å². The second-order valence-electron chi connectivity index (χ2n) is 5.88. The number of alkyl halides is 2. The number of hydrogen-bond donors (Lipinski definition) is 2. The Kier molecular flexibility index (Phi) is 5.41. The number of anilines is 1. The zero-order valence-corrected chi connectivity index (χ0v) is 13.1. The van der Waals surface area contributed by atoms with Crippen molar-refractivity contribution in [2.24, 2.45) is 11.3 Å². The van der Waals surface area contributed by atoms with Gasteiger partial charge in [-0.05, 0) is 49.9 Å². The van der Waals surface area contributed by atoms with E-state index in [1.165, 1.54) is 6.07 Å². The molecule has 1 unspecified atom stereocenters. The van der Waals surface area contributed by atoms with Crippen molar-refractivity contribution < 1.29 is 22.7 Å². The van der Waals surface area contributed by atoms with Gasteiger partial charge in [0.2, 0.25) is 5.91 Å². The Bertz CT molecular complexity index is 580. The van der Waals surface area contributed by atoms with Gasteiger partial charge in [-0.15, -0.1) is 12.4 Å². The number of nitrogens with one attached hydrogen (secondary N) is 2. The van der Waals surface area contributed by atoms with E-state index in [0.29, 0.717) is 0 Å². The topological polar surface area (TPSA) is 50.4 Å². The number of benzene rings is 1. The van der Waals surface area contributed by atoms with Crippen LogP contribution in [0.2, 0.25) is 0 Å². The number of piperidine rings is 1. The fraction of sp³-hybridized carbons (Fsp3) is 0.533. The van der Waals surface area contributed by atoms with Gasteiger partial charge < -0.3 is 15.4 Å². The number of rotatable bonds is 4. The summed E-state index contributed by atoms with van der Waals surface area (Å²) >= 11 is 0. The molecule has 3 rings (SSSR count). The van der Waals surface area contributed by atoms with Crippen molar-refractivity contribution >= 4 is 24.0 Å². The molecular weight excluding hydrogens is 333 g/mol. The molecule has 2 N–H and O–H groups in total. The van der Waals surface area contributed by atoms with Gasteiger partial charge in [0.25, 0.3) is 0 Å². The second kappa shape index (κ2) is 6.97. The van der Waals surface area contributed by atoms with Gasteiger partial charge in [-0.1, -0.05) is 0 Å². The Morgan fingerprint density at radius 3 is 2.70 bits per heavy atom. The quantitative estimate of drug-likeness (QED) is 0.877. The molecule has 8 heteroatoms. The third-order valence-corrected chi connectivity index (χ3v) is 4.52. The number of amides is 1. The Balaban J connectivity index is 0.00000192. The zero-order chi connectivity index (χ0) is 15.7. The van der Waals surface area contributed by atoms with Gasteiger partial charge >= 0.3 is 6.61 Å². The lowest BCUT2D eigenvalue weighted by Gasteiger charge is -2.23. The number of hydrogen-bond acceptors (Lipinski definition) is 3. The SMILES string of the molecule is Cl.O=C(Nc1ccc(F)cc1OC(F)F)C1CC12CCNCC2. The molecule has 1 saturated heterocycles. The summed E-state index contributed by atoms with van der Waals surface area (Å²) in [5.74, 6) is -1.38. The van der Waals surface area contributed by atoms with Crippen LogP contribution in [0.1, 0.15) is 19.3 Å². The van der Waals surface area contributed by atoms with E-state index in [2.05, 4.69) is 15.4 Å². The van der Waals surface area contributed by atoms with E-state index < -0.39 is 12.4 Å². The molecule has 4 nitrogen and oxygen atoms in total. The summed E-state index contributed by atoms with van der Waals surface area (Å²) < 4.78 is 42.1. The average molecular weight is 351 g/mol. The molecule has 1 spiro atoms. The van der Waals surface area contributed by atoms with Crippen molar-refractivity contribution in [1.82, 2.24) is 5.32 Å². The highest BCUT2D eigenvalue weighted by Gasteiger charge is 2.57. The van der Waals surface area contributed by atoms with Crippen molar-refractivity contribution in [3.8, 4) is 5.75 Å². The minimum absolute atomic E-state index is 0. The molecule has 1 heterocycles. The van der Waals surface area contributed by atoms with Crippen LogP contribution in [0.5, 0.6) is 5.75 Å². The van der Waals surface area contributed by atoms with Crippen LogP contribution >= 0.6 is 12.4 Å². The van der Waals surface area contributed by atoms with Crippen molar-refractivity contribution in [1.29, 1.82) is 0 Å². The first-order valence-corrected chi connectivity index (χ1v) is 7.26. The largest absolute Gasteiger partial charge is 0.432 e. The molecule has 128 valence electrons. The zero-order valence-electron chi connectivity index (χ0n) is 12.3. The Morgan fingerprint density at radius 2 is 2.04 bits per heavy atom. The predicted molar refractivity (Wildman–Crippen MR) is 81.6 cm³/mol. The van der Waals surface area contributed by atoms with E-state index in [4.69, 9.17) is 0 Å². The van der Waals surface area contributed by atoms with Crippen LogP contribution in [0.4, 0.5) is 18.9 Å². The second-order valence-corrected chi connectivity index (χ2v) is 5.88. The molecule has 2 aliphatic rings. The van der Waals surface area contributed by atoms with Gasteiger partial charge in [0, 0.05) is 12.0 Å². The molecule has 1 amide bonds. The molecule has 0 bridgehead atoms. The highest BCUT2D eigenvalue weighted by molar-refractivity contribution is 5.96. The minimum atomic E-state index is -3.07. The first kappa shape index (κ1) is 17.9. The molecule has 2 fully saturated rings. The predicted octanol–water partition coefficient (Wildman–Crippen LogP) is 3.18. The number of ether oxygens (including phenoxy) is 1. The molecule has 1 aromatic rings. The lowest BCUT2D eigenvalue weighted by Crippen LogP contribution is -2.31. The fourth-order valence-electron chi connectivity index (χ4n) is 3.21. The normalized spacial score (nSPS) is 21.7. The maximum absolute atomic E-state index is 13.1. The number of halogens is 4. The van der Waals surface area contributed by atoms with Crippen molar-refractivity contribution in [3.63, 3.8) is 0 Å². The van der Waals surface area contributed by atoms with E-state index in [0.717, 1.165) is 44.5 Å². The monoisotopic (exact) mass is 350 g/mol. The van der Waals surface area contributed by atoms with E-state index in [9.17, 15) is 18.0 Å². The molecule has 1 saturated carbocycles. The minimum Gasteiger partial charge on any atom is -0.432 e.